The van der Waals surface area contributed by atoms with Gasteiger partial charge in [-0.1, -0.05) is 0 Å². The summed E-state index contributed by atoms with van der Waals surface area (Å²) in [6.45, 7) is 2.04. The van der Waals surface area contributed by atoms with Crippen LogP contribution in [-0.2, 0) is 11.2 Å². The van der Waals surface area contributed by atoms with Gasteiger partial charge >= 0.3 is 0 Å². The number of piperidine rings is 1. The van der Waals surface area contributed by atoms with E-state index >= 15 is 0 Å². The molecule has 1 aromatic carbocycles. The van der Waals surface area contributed by atoms with Crippen molar-refractivity contribution in [1.82, 2.24) is 14.8 Å². The quantitative estimate of drug-likeness (QED) is 0.777. The van der Waals surface area contributed by atoms with Gasteiger partial charge in [0.05, 0.1) is 0 Å². The van der Waals surface area contributed by atoms with Crippen molar-refractivity contribution < 1.29 is 19.1 Å². The molecule has 1 aromatic heterocycles. The molecule has 2 amide bonds. The summed E-state index contributed by atoms with van der Waals surface area (Å²) in [6, 6.07) is 9.20. The van der Waals surface area contributed by atoms with Crippen molar-refractivity contribution in [2.45, 2.75) is 19.3 Å². The number of amides is 2. The fourth-order valence-electron chi connectivity index (χ4n) is 3.81. The summed E-state index contributed by atoms with van der Waals surface area (Å²) in [5.74, 6) is 1.38. The predicted molar refractivity (Wildman–Crippen MR) is 107 cm³/mol. The summed E-state index contributed by atoms with van der Waals surface area (Å²) in [5.41, 5.74) is 1.76. The Morgan fingerprint density at radius 2 is 1.83 bits per heavy atom. The number of nitrogens with zero attached hydrogens (tertiary/aromatic N) is 3. The fraction of sp³-hybridized carbons (Fsp3) is 0.409. The molecule has 4 rings (SSSR count). The molecule has 0 unspecified atom stereocenters. The van der Waals surface area contributed by atoms with Crippen LogP contribution < -0.4 is 9.47 Å². The zero-order chi connectivity index (χ0) is 20.2. The summed E-state index contributed by atoms with van der Waals surface area (Å²) in [7, 11) is 1.85. The summed E-state index contributed by atoms with van der Waals surface area (Å²) >= 11 is 0. The van der Waals surface area contributed by atoms with E-state index in [0.29, 0.717) is 49.5 Å². The molecule has 3 heterocycles. The molecule has 1 fully saturated rings. The second kappa shape index (κ2) is 8.51. The van der Waals surface area contributed by atoms with Crippen molar-refractivity contribution in [3.63, 3.8) is 0 Å². The highest BCUT2D eigenvalue weighted by Gasteiger charge is 2.30. The first-order valence-corrected chi connectivity index (χ1v) is 9.94. The third-order valence-corrected chi connectivity index (χ3v) is 5.61. The van der Waals surface area contributed by atoms with Gasteiger partial charge in [-0.15, -0.1) is 0 Å². The smallest absolute Gasteiger partial charge is 0.253 e. The van der Waals surface area contributed by atoms with E-state index in [4.69, 9.17) is 9.47 Å². The number of likely N-dealkylation sites (N-methyl/N-ethyl adjacent to an activating group) is 1. The number of hydrogen-bond donors (Lipinski definition) is 0. The second-order valence-electron chi connectivity index (χ2n) is 7.50. The molecular formula is C22H25N3O4. The van der Waals surface area contributed by atoms with Gasteiger partial charge in [0.25, 0.3) is 5.91 Å². The Balaban J connectivity index is 1.28. The number of likely N-dealkylation sites (tertiary alicyclic amines) is 1. The predicted octanol–water partition coefficient (Wildman–Crippen LogP) is 2.36. The van der Waals surface area contributed by atoms with Crippen LogP contribution in [0.3, 0.4) is 0 Å². The van der Waals surface area contributed by atoms with Crippen molar-refractivity contribution in [3.05, 3.63) is 53.9 Å². The molecular weight excluding hydrogens is 370 g/mol. The first kappa shape index (κ1) is 19.2. The summed E-state index contributed by atoms with van der Waals surface area (Å²) in [6.07, 6.45) is 5.73. The first-order chi connectivity index (χ1) is 14.1. The Morgan fingerprint density at radius 1 is 1.10 bits per heavy atom. The van der Waals surface area contributed by atoms with Gasteiger partial charge in [-0.3, -0.25) is 14.6 Å². The largest absolute Gasteiger partial charge is 0.454 e. The van der Waals surface area contributed by atoms with Gasteiger partial charge in [0, 0.05) is 50.6 Å². The first-order valence-electron chi connectivity index (χ1n) is 9.94. The SMILES string of the molecule is CN(CCc1ccncc1)C(=O)C1CCN(C(=O)c2ccc3c(c2)OCO3)CC1. The molecule has 0 saturated carbocycles. The van der Waals surface area contributed by atoms with Crippen molar-refractivity contribution in [1.29, 1.82) is 0 Å². The highest BCUT2D eigenvalue weighted by molar-refractivity contribution is 5.95. The minimum absolute atomic E-state index is 0.0276. The van der Waals surface area contributed by atoms with Crippen molar-refractivity contribution >= 4 is 11.8 Å². The molecule has 0 radical (unpaired) electrons. The van der Waals surface area contributed by atoms with E-state index in [2.05, 4.69) is 4.98 Å². The lowest BCUT2D eigenvalue weighted by Crippen LogP contribution is -2.43. The Bertz CT molecular complexity index is 879. The molecule has 0 bridgehead atoms. The number of rotatable bonds is 5. The molecule has 0 aliphatic carbocycles. The van der Waals surface area contributed by atoms with Crippen LogP contribution in [0.5, 0.6) is 11.5 Å². The molecule has 2 aliphatic rings. The lowest BCUT2D eigenvalue weighted by atomic mass is 9.94. The van der Waals surface area contributed by atoms with Gasteiger partial charge in [-0.05, 0) is 55.2 Å². The van der Waals surface area contributed by atoms with Crippen LogP contribution in [0.1, 0.15) is 28.8 Å². The molecule has 7 heteroatoms. The van der Waals surface area contributed by atoms with Gasteiger partial charge in [0.1, 0.15) is 0 Å². The molecule has 29 heavy (non-hydrogen) atoms. The summed E-state index contributed by atoms with van der Waals surface area (Å²) in [4.78, 5) is 33.2. The number of ether oxygens (including phenoxy) is 2. The standard InChI is InChI=1S/C22H25N3O4/c1-24(11-6-16-4-9-23-10-5-16)21(26)17-7-12-25(13-8-17)22(27)18-2-3-19-20(14-18)29-15-28-19/h2-5,9-10,14,17H,6-8,11-13,15H2,1H3. The highest BCUT2D eigenvalue weighted by Crippen LogP contribution is 2.33. The van der Waals surface area contributed by atoms with Crippen LogP contribution in [-0.4, -0.2) is 60.1 Å². The van der Waals surface area contributed by atoms with E-state index in [1.165, 1.54) is 5.56 Å². The van der Waals surface area contributed by atoms with E-state index in [1.807, 2.05) is 24.1 Å². The number of benzene rings is 1. The zero-order valence-corrected chi connectivity index (χ0v) is 16.5. The van der Waals surface area contributed by atoms with E-state index in [0.717, 1.165) is 6.42 Å². The monoisotopic (exact) mass is 395 g/mol. The molecule has 1 saturated heterocycles. The van der Waals surface area contributed by atoms with E-state index < -0.39 is 0 Å². The van der Waals surface area contributed by atoms with E-state index in [9.17, 15) is 9.59 Å². The Hall–Kier alpha value is -3.09. The van der Waals surface area contributed by atoms with E-state index in [-0.39, 0.29) is 24.5 Å². The van der Waals surface area contributed by atoms with Crippen LogP contribution in [0.2, 0.25) is 0 Å². The van der Waals surface area contributed by atoms with Crippen LogP contribution in [0, 0.1) is 5.92 Å². The minimum Gasteiger partial charge on any atom is -0.454 e. The van der Waals surface area contributed by atoms with Crippen molar-refractivity contribution in [2.75, 3.05) is 33.5 Å². The second-order valence-corrected chi connectivity index (χ2v) is 7.50. The van der Waals surface area contributed by atoms with E-state index in [1.54, 1.807) is 35.5 Å². The number of carbonyl (C=O) groups is 2. The Kier molecular flexibility index (Phi) is 5.64. The Labute approximate surface area is 170 Å². The summed E-state index contributed by atoms with van der Waals surface area (Å²) < 4.78 is 10.7. The number of pyridine rings is 1. The molecule has 2 aliphatic heterocycles. The van der Waals surface area contributed by atoms with Crippen LogP contribution in [0.4, 0.5) is 0 Å². The zero-order valence-electron chi connectivity index (χ0n) is 16.5. The fourth-order valence-corrected chi connectivity index (χ4v) is 3.81. The number of carbonyl (C=O) groups excluding carboxylic acids is 2. The van der Waals surface area contributed by atoms with Crippen LogP contribution in [0.15, 0.2) is 42.7 Å². The Morgan fingerprint density at radius 3 is 2.59 bits per heavy atom. The van der Waals surface area contributed by atoms with Gasteiger partial charge in [-0.2, -0.15) is 0 Å². The average molecular weight is 395 g/mol. The van der Waals surface area contributed by atoms with Gasteiger partial charge in [-0.25, -0.2) is 0 Å². The topological polar surface area (TPSA) is 72.0 Å². The molecule has 152 valence electrons. The third-order valence-electron chi connectivity index (χ3n) is 5.61. The molecule has 0 atom stereocenters. The maximum absolute atomic E-state index is 12.8. The van der Waals surface area contributed by atoms with Gasteiger partial charge in [0.2, 0.25) is 12.7 Å². The number of fused-ring (bicyclic) bond motifs is 1. The molecule has 0 spiro atoms. The average Bonchev–Trinajstić information content (AvgIpc) is 3.25. The minimum atomic E-state index is -0.0294. The lowest BCUT2D eigenvalue weighted by Gasteiger charge is -2.33. The van der Waals surface area contributed by atoms with Crippen molar-refractivity contribution in [3.8, 4) is 11.5 Å². The maximum atomic E-state index is 12.8. The third kappa shape index (κ3) is 4.34. The molecule has 2 aromatic rings. The number of hydrogen-bond acceptors (Lipinski definition) is 5. The highest BCUT2D eigenvalue weighted by atomic mass is 16.7. The van der Waals surface area contributed by atoms with Crippen molar-refractivity contribution in [2.24, 2.45) is 5.92 Å². The van der Waals surface area contributed by atoms with Crippen LogP contribution in [0.25, 0.3) is 0 Å². The maximum Gasteiger partial charge on any atom is 0.253 e. The molecule has 0 N–H and O–H groups in total. The van der Waals surface area contributed by atoms with Gasteiger partial charge in [0.15, 0.2) is 11.5 Å². The van der Waals surface area contributed by atoms with Gasteiger partial charge < -0.3 is 19.3 Å². The molecule has 7 nitrogen and oxygen atoms in total. The lowest BCUT2D eigenvalue weighted by molar-refractivity contribution is -0.135. The number of aromatic nitrogens is 1. The summed E-state index contributed by atoms with van der Waals surface area (Å²) in [5, 5.41) is 0. The van der Waals surface area contributed by atoms with Crippen LogP contribution >= 0.6 is 0 Å². The normalized spacial score (nSPS) is 16.0.